The minimum Gasteiger partial charge on any atom is -0.469 e. The van der Waals surface area contributed by atoms with Crippen LogP contribution in [0.4, 0.5) is 4.39 Å². The van der Waals surface area contributed by atoms with Crippen LogP contribution in [0.1, 0.15) is 30.6 Å². The van der Waals surface area contributed by atoms with Crippen LogP contribution >= 0.6 is 0 Å². The van der Waals surface area contributed by atoms with Gasteiger partial charge < -0.3 is 9.73 Å². The molecule has 1 aromatic heterocycles. The number of benzene rings is 1. The molecule has 0 atom stereocenters. The lowest BCUT2D eigenvalue weighted by atomic mass is 10.1. The minimum absolute atomic E-state index is 0.0492. The monoisotopic (exact) mass is 289 g/mol. The van der Waals surface area contributed by atoms with Gasteiger partial charge in [0, 0.05) is 19.4 Å². The lowest BCUT2D eigenvalue weighted by Gasteiger charge is -2.05. The molecule has 0 radical (unpaired) electrons. The average Bonchev–Trinajstić information content (AvgIpc) is 3.00. The van der Waals surface area contributed by atoms with E-state index in [4.69, 9.17) is 4.42 Å². The summed E-state index contributed by atoms with van der Waals surface area (Å²) >= 11 is 0. The summed E-state index contributed by atoms with van der Waals surface area (Å²) in [5.74, 6) is 0.678. The van der Waals surface area contributed by atoms with Crippen molar-refractivity contribution < 1.29 is 13.6 Å². The van der Waals surface area contributed by atoms with Crippen molar-refractivity contribution in [2.24, 2.45) is 0 Å². The molecule has 2 rings (SSSR count). The van der Waals surface area contributed by atoms with Crippen LogP contribution in [-0.4, -0.2) is 12.5 Å². The van der Waals surface area contributed by atoms with Crippen molar-refractivity contribution in [2.75, 3.05) is 6.54 Å². The molecule has 0 aliphatic carbocycles. The first kappa shape index (κ1) is 15.3. The largest absolute Gasteiger partial charge is 0.469 e. The maximum Gasteiger partial charge on any atom is 0.220 e. The van der Waals surface area contributed by atoms with E-state index in [-0.39, 0.29) is 11.7 Å². The lowest BCUT2D eigenvalue weighted by Crippen LogP contribution is -2.24. The molecule has 1 heterocycles. The van der Waals surface area contributed by atoms with Crippen molar-refractivity contribution >= 4 is 5.91 Å². The van der Waals surface area contributed by atoms with Crippen LogP contribution < -0.4 is 5.32 Å². The molecule has 0 fully saturated rings. The average molecular weight is 289 g/mol. The molecule has 1 amide bonds. The van der Waals surface area contributed by atoms with Crippen LogP contribution in [0.2, 0.25) is 0 Å². The number of carbonyl (C=O) groups excluding carboxylic acids is 1. The quantitative estimate of drug-likeness (QED) is 0.756. The Morgan fingerprint density at radius 1 is 1.10 bits per heavy atom. The predicted molar refractivity (Wildman–Crippen MR) is 79.4 cm³/mol. The first-order valence-electron chi connectivity index (χ1n) is 7.27. The van der Waals surface area contributed by atoms with Crippen molar-refractivity contribution in [3.8, 4) is 0 Å². The number of halogens is 1. The van der Waals surface area contributed by atoms with E-state index in [9.17, 15) is 9.18 Å². The van der Waals surface area contributed by atoms with Gasteiger partial charge in [0.05, 0.1) is 6.26 Å². The Hall–Kier alpha value is -2.10. The van der Waals surface area contributed by atoms with Crippen molar-refractivity contribution in [1.29, 1.82) is 0 Å². The molecule has 112 valence electrons. The first-order chi connectivity index (χ1) is 10.2. The van der Waals surface area contributed by atoms with Crippen LogP contribution in [0, 0.1) is 5.82 Å². The highest BCUT2D eigenvalue weighted by molar-refractivity contribution is 5.75. The molecule has 1 N–H and O–H groups in total. The van der Waals surface area contributed by atoms with E-state index >= 15 is 0 Å². The summed E-state index contributed by atoms with van der Waals surface area (Å²) in [6, 6.07) is 10.3. The van der Waals surface area contributed by atoms with Gasteiger partial charge in [0.2, 0.25) is 5.91 Å². The van der Waals surface area contributed by atoms with Gasteiger partial charge >= 0.3 is 0 Å². The second kappa shape index (κ2) is 8.25. The highest BCUT2D eigenvalue weighted by Crippen LogP contribution is 2.07. The summed E-state index contributed by atoms with van der Waals surface area (Å²) in [6.07, 6.45) is 5.50. The summed E-state index contributed by atoms with van der Waals surface area (Å²) in [6.45, 7) is 0.679. The van der Waals surface area contributed by atoms with Gasteiger partial charge in [-0.15, -0.1) is 0 Å². The number of unbranched alkanes of at least 4 members (excludes halogenated alkanes) is 1. The van der Waals surface area contributed by atoms with Gasteiger partial charge in [0.25, 0.3) is 0 Å². The van der Waals surface area contributed by atoms with Crippen molar-refractivity contribution in [2.45, 2.75) is 32.1 Å². The van der Waals surface area contributed by atoms with Crippen LogP contribution in [-0.2, 0) is 17.6 Å². The third-order valence-corrected chi connectivity index (χ3v) is 3.31. The number of hydrogen-bond donors (Lipinski definition) is 1. The highest BCUT2D eigenvalue weighted by Gasteiger charge is 2.03. The molecule has 2 aromatic rings. The maximum atomic E-state index is 12.7. The molecule has 1 aromatic carbocycles. The minimum atomic E-state index is -0.206. The number of rotatable bonds is 8. The topological polar surface area (TPSA) is 42.2 Å². The van der Waals surface area contributed by atoms with E-state index in [0.717, 1.165) is 30.6 Å². The normalized spacial score (nSPS) is 10.5. The summed E-state index contributed by atoms with van der Waals surface area (Å²) in [5, 5.41) is 2.90. The molecule has 3 nitrogen and oxygen atoms in total. The Morgan fingerprint density at radius 2 is 1.90 bits per heavy atom. The Morgan fingerprint density at radius 3 is 2.62 bits per heavy atom. The number of nitrogens with one attached hydrogen (secondary N) is 1. The number of furan rings is 1. The summed E-state index contributed by atoms with van der Waals surface area (Å²) < 4.78 is 17.9. The smallest absolute Gasteiger partial charge is 0.220 e. The van der Waals surface area contributed by atoms with E-state index in [1.54, 1.807) is 18.4 Å². The van der Waals surface area contributed by atoms with E-state index in [2.05, 4.69) is 5.32 Å². The van der Waals surface area contributed by atoms with E-state index < -0.39 is 0 Å². The van der Waals surface area contributed by atoms with Crippen molar-refractivity contribution in [1.82, 2.24) is 5.32 Å². The molecular weight excluding hydrogens is 269 g/mol. The van der Waals surface area contributed by atoms with Gasteiger partial charge in [-0.25, -0.2) is 4.39 Å². The van der Waals surface area contributed by atoms with E-state index in [1.165, 1.54) is 12.1 Å². The molecule has 0 aliphatic heterocycles. The lowest BCUT2D eigenvalue weighted by molar-refractivity contribution is -0.121. The summed E-state index contributed by atoms with van der Waals surface area (Å²) in [7, 11) is 0. The Kier molecular flexibility index (Phi) is 6.00. The Labute approximate surface area is 124 Å². The van der Waals surface area contributed by atoms with Gasteiger partial charge in [-0.2, -0.15) is 0 Å². The summed E-state index contributed by atoms with van der Waals surface area (Å²) in [4.78, 5) is 11.6. The second-order valence-electron chi connectivity index (χ2n) is 5.01. The fraction of sp³-hybridized carbons (Fsp3) is 0.353. The molecule has 0 saturated heterocycles. The molecule has 0 bridgehead atoms. The molecular formula is C17H20FNO2. The van der Waals surface area contributed by atoms with Crippen LogP contribution in [0.15, 0.2) is 47.1 Å². The molecule has 0 saturated carbocycles. The predicted octanol–water partition coefficient (Wildman–Crippen LogP) is 3.49. The van der Waals surface area contributed by atoms with Gasteiger partial charge in [0.15, 0.2) is 0 Å². The highest BCUT2D eigenvalue weighted by atomic mass is 19.1. The third-order valence-electron chi connectivity index (χ3n) is 3.31. The van der Waals surface area contributed by atoms with Gasteiger partial charge in [-0.1, -0.05) is 12.1 Å². The zero-order chi connectivity index (χ0) is 14.9. The van der Waals surface area contributed by atoms with Crippen molar-refractivity contribution in [3.05, 3.63) is 59.8 Å². The van der Waals surface area contributed by atoms with Crippen LogP contribution in [0.5, 0.6) is 0 Å². The number of hydrogen-bond acceptors (Lipinski definition) is 2. The number of aryl methyl sites for hydroxylation is 2. The SMILES string of the molecule is O=C(CCc1ccco1)NCCCCc1ccc(F)cc1. The Bertz CT molecular complexity index is 534. The zero-order valence-corrected chi connectivity index (χ0v) is 12.0. The maximum absolute atomic E-state index is 12.7. The molecule has 0 spiro atoms. The van der Waals surface area contributed by atoms with Crippen molar-refractivity contribution in [3.63, 3.8) is 0 Å². The second-order valence-corrected chi connectivity index (χ2v) is 5.01. The number of carbonyl (C=O) groups is 1. The van der Waals surface area contributed by atoms with E-state index in [0.29, 0.717) is 19.4 Å². The van der Waals surface area contributed by atoms with Gasteiger partial charge in [-0.05, 0) is 49.1 Å². The fourth-order valence-electron chi connectivity index (χ4n) is 2.11. The fourth-order valence-corrected chi connectivity index (χ4v) is 2.11. The van der Waals surface area contributed by atoms with Crippen LogP contribution in [0.3, 0.4) is 0 Å². The van der Waals surface area contributed by atoms with Gasteiger partial charge in [0.1, 0.15) is 11.6 Å². The molecule has 21 heavy (non-hydrogen) atoms. The molecule has 4 heteroatoms. The molecule has 0 aliphatic rings. The standard InChI is InChI=1S/C17H20FNO2/c18-15-8-6-14(7-9-15)4-1-2-12-19-17(20)11-10-16-5-3-13-21-16/h3,5-9,13H,1-2,4,10-12H2,(H,19,20). The number of amides is 1. The van der Waals surface area contributed by atoms with E-state index in [1.807, 2.05) is 12.1 Å². The van der Waals surface area contributed by atoms with Crippen LogP contribution in [0.25, 0.3) is 0 Å². The zero-order valence-electron chi connectivity index (χ0n) is 12.0. The first-order valence-corrected chi connectivity index (χ1v) is 7.27. The molecule has 0 unspecified atom stereocenters. The van der Waals surface area contributed by atoms with Gasteiger partial charge in [-0.3, -0.25) is 4.79 Å². The summed E-state index contributed by atoms with van der Waals surface area (Å²) in [5.41, 5.74) is 1.13. The Balaban J connectivity index is 1.53. The third kappa shape index (κ3) is 5.81.